The second-order valence-corrected chi connectivity index (χ2v) is 3.69. The third-order valence-electron chi connectivity index (χ3n) is 2.01. The molecule has 14 heavy (non-hydrogen) atoms. The molecule has 0 spiro atoms. The molecule has 0 aliphatic carbocycles. The maximum atomic E-state index is 9.68. The Morgan fingerprint density at radius 1 is 1.57 bits per heavy atom. The van der Waals surface area contributed by atoms with E-state index in [9.17, 15) is 10.2 Å². The summed E-state index contributed by atoms with van der Waals surface area (Å²) in [5.74, 6) is 0. The van der Waals surface area contributed by atoms with Gasteiger partial charge in [0.1, 0.15) is 6.10 Å². The maximum absolute atomic E-state index is 9.68. The summed E-state index contributed by atoms with van der Waals surface area (Å²) < 4.78 is 1.62. The van der Waals surface area contributed by atoms with Crippen molar-refractivity contribution in [2.24, 2.45) is 0 Å². The van der Waals surface area contributed by atoms with Crippen molar-refractivity contribution in [1.82, 2.24) is 9.78 Å². The molecule has 0 bridgehead atoms. The van der Waals surface area contributed by atoms with E-state index in [1.54, 1.807) is 4.68 Å². The number of halogens is 1. The fourth-order valence-corrected chi connectivity index (χ4v) is 1.54. The number of aryl methyl sites for hydroxylation is 1. The van der Waals surface area contributed by atoms with E-state index in [1.165, 1.54) is 13.1 Å². The summed E-state index contributed by atoms with van der Waals surface area (Å²) in [5.41, 5.74) is 0.489. The highest BCUT2D eigenvalue weighted by Gasteiger charge is 2.21. The van der Waals surface area contributed by atoms with Crippen LogP contribution < -0.4 is 0 Å². The molecule has 2 N–H and O–H groups in total. The Morgan fingerprint density at radius 3 is 2.71 bits per heavy atom. The zero-order valence-corrected chi connectivity index (χ0v) is 9.07. The van der Waals surface area contributed by atoms with Crippen molar-refractivity contribution >= 4 is 11.6 Å². The average Bonchev–Trinajstić information content (AvgIpc) is 2.47. The van der Waals surface area contributed by atoms with Crippen LogP contribution >= 0.6 is 11.6 Å². The molecular formula is C9H15ClN2O2. The molecule has 0 amide bonds. The van der Waals surface area contributed by atoms with E-state index in [0.717, 1.165) is 6.42 Å². The lowest BCUT2D eigenvalue weighted by molar-refractivity contribution is 0.0248. The van der Waals surface area contributed by atoms with E-state index >= 15 is 0 Å². The maximum Gasteiger partial charge on any atom is 0.123 e. The minimum atomic E-state index is -0.975. The van der Waals surface area contributed by atoms with Gasteiger partial charge in [-0.2, -0.15) is 5.10 Å². The number of aliphatic hydroxyl groups excluding tert-OH is 2. The Balaban J connectivity index is 2.97. The first kappa shape index (κ1) is 11.5. The van der Waals surface area contributed by atoms with Crippen molar-refractivity contribution in [3.05, 3.63) is 16.9 Å². The van der Waals surface area contributed by atoms with Crippen molar-refractivity contribution in [3.8, 4) is 0 Å². The molecular weight excluding hydrogens is 204 g/mol. The molecule has 0 saturated heterocycles. The lowest BCUT2D eigenvalue weighted by Crippen LogP contribution is -2.18. The normalized spacial score (nSPS) is 15.5. The molecule has 0 radical (unpaired) electrons. The van der Waals surface area contributed by atoms with Crippen LogP contribution in [0.2, 0.25) is 5.02 Å². The van der Waals surface area contributed by atoms with Gasteiger partial charge >= 0.3 is 0 Å². The van der Waals surface area contributed by atoms with Gasteiger partial charge in [0.2, 0.25) is 0 Å². The van der Waals surface area contributed by atoms with Crippen LogP contribution in [-0.2, 0) is 6.54 Å². The standard InChI is InChI=1S/C9H15ClN2O2/c1-3-4-12-8(7(10)5-11-12)9(14)6(2)13/h5-6,9,13-14H,3-4H2,1-2H3. The predicted molar refractivity (Wildman–Crippen MR) is 54.2 cm³/mol. The summed E-state index contributed by atoms with van der Waals surface area (Å²) in [7, 11) is 0. The molecule has 1 rings (SSSR count). The fourth-order valence-electron chi connectivity index (χ4n) is 1.28. The Kier molecular flexibility index (Phi) is 3.92. The number of nitrogens with zero attached hydrogens (tertiary/aromatic N) is 2. The van der Waals surface area contributed by atoms with Crippen molar-refractivity contribution in [2.75, 3.05) is 0 Å². The van der Waals surface area contributed by atoms with E-state index in [0.29, 0.717) is 17.3 Å². The van der Waals surface area contributed by atoms with Crippen LogP contribution in [0.15, 0.2) is 6.20 Å². The van der Waals surface area contributed by atoms with Gasteiger partial charge in [-0.05, 0) is 13.3 Å². The lowest BCUT2D eigenvalue weighted by Gasteiger charge is -2.15. The Hall–Kier alpha value is -0.580. The number of aliphatic hydroxyl groups is 2. The molecule has 5 heteroatoms. The SMILES string of the molecule is CCCn1ncc(Cl)c1C(O)C(C)O. The minimum absolute atomic E-state index is 0.395. The predicted octanol–water partition coefficient (Wildman–Crippen LogP) is 1.36. The van der Waals surface area contributed by atoms with Gasteiger partial charge in [0.15, 0.2) is 0 Å². The molecule has 1 aromatic heterocycles. The van der Waals surface area contributed by atoms with Crippen molar-refractivity contribution < 1.29 is 10.2 Å². The minimum Gasteiger partial charge on any atom is -0.390 e. The van der Waals surface area contributed by atoms with Crippen LogP contribution in [-0.4, -0.2) is 26.1 Å². The van der Waals surface area contributed by atoms with Crippen LogP contribution in [0.25, 0.3) is 0 Å². The second kappa shape index (κ2) is 4.77. The topological polar surface area (TPSA) is 58.3 Å². The molecule has 80 valence electrons. The largest absolute Gasteiger partial charge is 0.390 e. The van der Waals surface area contributed by atoms with E-state index < -0.39 is 12.2 Å². The lowest BCUT2D eigenvalue weighted by atomic mass is 10.1. The molecule has 2 atom stereocenters. The zero-order valence-electron chi connectivity index (χ0n) is 8.31. The van der Waals surface area contributed by atoms with Crippen LogP contribution in [0.3, 0.4) is 0 Å². The summed E-state index contributed by atoms with van der Waals surface area (Å²) in [6, 6.07) is 0. The van der Waals surface area contributed by atoms with Crippen LogP contribution in [0.1, 0.15) is 32.1 Å². The zero-order chi connectivity index (χ0) is 10.7. The van der Waals surface area contributed by atoms with Gasteiger partial charge in [0.05, 0.1) is 23.0 Å². The van der Waals surface area contributed by atoms with E-state index in [4.69, 9.17) is 11.6 Å². The summed E-state index contributed by atoms with van der Waals surface area (Å²) in [5, 5.41) is 23.4. The van der Waals surface area contributed by atoms with E-state index in [2.05, 4.69) is 5.10 Å². The number of aromatic nitrogens is 2. The summed E-state index contributed by atoms with van der Waals surface area (Å²) in [6.45, 7) is 4.21. The van der Waals surface area contributed by atoms with Gasteiger partial charge in [-0.3, -0.25) is 4.68 Å². The quantitative estimate of drug-likeness (QED) is 0.803. The van der Waals surface area contributed by atoms with Crippen molar-refractivity contribution in [1.29, 1.82) is 0 Å². The van der Waals surface area contributed by atoms with E-state index in [-0.39, 0.29) is 0 Å². The monoisotopic (exact) mass is 218 g/mol. The number of rotatable bonds is 4. The summed E-state index contributed by atoms with van der Waals surface area (Å²) in [6.07, 6.45) is 0.562. The molecule has 0 aliphatic heterocycles. The van der Waals surface area contributed by atoms with Crippen molar-refractivity contribution in [3.63, 3.8) is 0 Å². The average molecular weight is 219 g/mol. The van der Waals surface area contributed by atoms with Gasteiger partial charge in [-0.1, -0.05) is 18.5 Å². The highest BCUT2D eigenvalue weighted by molar-refractivity contribution is 6.31. The number of hydrogen-bond donors (Lipinski definition) is 2. The van der Waals surface area contributed by atoms with Crippen LogP contribution in [0.4, 0.5) is 0 Å². The Labute approximate surface area is 88.1 Å². The first-order valence-corrected chi connectivity index (χ1v) is 5.03. The molecule has 2 unspecified atom stereocenters. The molecule has 0 fully saturated rings. The van der Waals surface area contributed by atoms with Gasteiger partial charge in [-0.25, -0.2) is 0 Å². The van der Waals surface area contributed by atoms with Crippen molar-refractivity contribution in [2.45, 2.75) is 39.0 Å². The molecule has 0 saturated carbocycles. The third kappa shape index (κ3) is 2.26. The first-order chi connectivity index (χ1) is 6.57. The Morgan fingerprint density at radius 2 is 2.21 bits per heavy atom. The fraction of sp³-hybridized carbons (Fsp3) is 0.667. The van der Waals surface area contributed by atoms with Crippen LogP contribution in [0.5, 0.6) is 0 Å². The smallest absolute Gasteiger partial charge is 0.123 e. The van der Waals surface area contributed by atoms with E-state index in [1.807, 2.05) is 6.92 Å². The number of hydrogen-bond acceptors (Lipinski definition) is 3. The van der Waals surface area contributed by atoms with Gasteiger partial charge < -0.3 is 10.2 Å². The first-order valence-electron chi connectivity index (χ1n) is 4.65. The highest BCUT2D eigenvalue weighted by atomic mass is 35.5. The van der Waals surface area contributed by atoms with Gasteiger partial charge in [0, 0.05) is 6.54 Å². The molecule has 0 aliphatic rings. The summed E-state index contributed by atoms with van der Waals surface area (Å²) >= 11 is 5.87. The van der Waals surface area contributed by atoms with Crippen LogP contribution in [0, 0.1) is 0 Å². The highest BCUT2D eigenvalue weighted by Crippen LogP contribution is 2.25. The second-order valence-electron chi connectivity index (χ2n) is 3.29. The third-order valence-corrected chi connectivity index (χ3v) is 2.30. The Bertz CT molecular complexity index is 299. The molecule has 4 nitrogen and oxygen atoms in total. The molecule has 0 aromatic carbocycles. The molecule has 1 heterocycles. The van der Waals surface area contributed by atoms with Gasteiger partial charge in [0.25, 0.3) is 0 Å². The van der Waals surface area contributed by atoms with Gasteiger partial charge in [-0.15, -0.1) is 0 Å². The summed E-state index contributed by atoms with van der Waals surface area (Å²) in [4.78, 5) is 0. The molecule has 1 aromatic rings.